The van der Waals surface area contributed by atoms with Crippen LogP contribution in [0.1, 0.15) is 17.5 Å². The van der Waals surface area contributed by atoms with E-state index >= 15 is 0 Å². The van der Waals surface area contributed by atoms with Gasteiger partial charge in [0.25, 0.3) is 0 Å². The van der Waals surface area contributed by atoms with Crippen LogP contribution >= 0.6 is 0 Å². The summed E-state index contributed by atoms with van der Waals surface area (Å²) in [6, 6.07) is 20.4. The van der Waals surface area contributed by atoms with Crippen molar-refractivity contribution in [2.75, 3.05) is 26.7 Å². The number of rotatable bonds is 13. The molecule has 0 bridgehead atoms. The van der Waals surface area contributed by atoms with Crippen molar-refractivity contribution in [3.8, 4) is 12.1 Å². The number of ether oxygens (including phenoxy) is 1. The molecule has 6 nitrogen and oxygen atoms in total. The van der Waals surface area contributed by atoms with Crippen LogP contribution in [0, 0.1) is 28.5 Å². The molecule has 0 aliphatic heterocycles. The van der Waals surface area contributed by atoms with E-state index in [1.54, 1.807) is 19.2 Å². The summed E-state index contributed by atoms with van der Waals surface area (Å²) < 4.78 is 19.0. The van der Waals surface area contributed by atoms with Crippen molar-refractivity contribution in [1.82, 2.24) is 16.0 Å². The van der Waals surface area contributed by atoms with Crippen LogP contribution in [0.25, 0.3) is 0 Å². The summed E-state index contributed by atoms with van der Waals surface area (Å²) >= 11 is 0. The molecule has 158 valence electrons. The van der Waals surface area contributed by atoms with Crippen molar-refractivity contribution in [2.24, 2.45) is 0 Å². The number of nitriles is 2. The van der Waals surface area contributed by atoms with Crippen molar-refractivity contribution in [3.63, 3.8) is 0 Å². The van der Waals surface area contributed by atoms with Gasteiger partial charge in [-0.25, -0.2) is 4.39 Å². The van der Waals surface area contributed by atoms with Crippen molar-refractivity contribution < 1.29 is 9.13 Å². The molecule has 1 atom stereocenters. The van der Waals surface area contributed by atoms with Crippen LogP contribution in [0.4, 0.5) is 4.39 Å². The molecule has 1 unspecified atom stereocenters. The standard InChI is InChI=1S/C23H28FN5O/c1-27-18-23(16-25,17-26)29-12-11-22(15-30-14-20-5-3-2-4-6-20)28-13-19-7-9-21(24)10-8-19/h2-10,22,27-29H,11-15,18H2,1H3. The van der Waals surface area contributed by atoms with Gasteiger partial charge in [0.2, 0.25) is 5.54 Å². The van der Waals surface area contributed by atoms with Gasteiger partial charge in [0.05, 0.1) is 13.2 Å². The summed E-state index contributed by atoms with van der Waals surface area (Å²) in [6.07, 6.45) is 0.658. The maximum absolute atomic E-state index is 13.1. The maximum atomic E-state index is 13.1. The molecular formula is C23H28FN5O. The molecule has 0 fully saturated rings. The normalized spacial score (nSPS) is 12.1. The molecular weight excluding hydrogens is 381 g/mol. The average molecular weight is 410 g/mol. The van der Waals surface area contributed by atoms with E-state index < -0.39 is 5.54 Å². The minimum absolute atomic E-state index is 0.00376. The zero-order chi connectivity index (χ0) is 21.7. The number of nitrogens with zero attached hydrogens (tertiary/aromatic N) is 2. The van der Waals surface area contributed by atoms with Crippen LogP contribution in [0.15, 0.2) is 54.6 Å². The first-order valence-electron chi connectivity index (χ1n) is 9.92. The molecule has 2 aromatic carbocycles. The first-order valence-corrected chi connectivity index (χ1v) is 9.92. The second kappa shape index (κ2) is 12.7. The highest BCUT2D eigenvalue weighted by molar-refractivity contribution is 5.23. The maximum Gasteiger partial charge on any atom is 0.206 e. The van der Waals surface area contributed by atoms with Crippen molar-refractivity contribution in [2.45, 2.75) is 31.2 Å². The summed E-state index contributed by atoms with van der Waals surface area (Å²) in [7, 11) is 1.70. The molecule has 0 saturated heterocycles. The Kier molecular flexibility index (Phi) is 9.93. The van der Waals surface area contributed by atoms with E-state index in [1.807, 2.05) is 42.5 Å². The summed E-state index contributed by atoms with van der Waals surface area (Å²) in [4.78, 5) is 0. The van der Waals surface area contributed by atoms with Gasteiger partial charge >= 0.3 is 0 Å². The second-order valence-electron chi connectivity index (χ2n) is 7.08. The zero-order valence-corrected chi connectivity index (χ0v) is 17.2. The first-order chi connectivity index (χ1) is 14.6. The lowest BCUT2D eigenvalue weighted by atomic mass is 10.0. The van der Waals surface area contributed by atoms with Crippen LogP contribution in [0.2, 0.25) is 0 Å². The molecule has 2 rings (SSSR count). The SMILES string of the molecule is CNCC(C#N)(C#N)NCCC(COCc1ccccc1)NCc1ccc(F)cc1. The fraction of sp³-hybridized carbons (Fsp3) is 0.391. The minimum Gasteiger partial charge on any atom is -0.375 e. The van der Waals surface area contributed by atoms with Gasteiger partial charge in [0.1, 0.15) is 18.0 Å². The van der Waals surface area contributed by atoms with E-state index in [4.69, 9.17) is 4.74 Å². The topological polar surface area (TPSA) is 92.9 Å². The Morgan fingerprint density at radius 2 is 1.73 bits per heavy atom. The fourth-order valence-corrected chi connectivity index (χ4v) is 2.97. The van der Waals surface area contributed by atoms with Crippen LogP contribution in [-0.4, -0.2) is 38.3 Å². The number of hydrogen-bond acceptors (Lipinski definition) is 6. The largest absolute Gasteiger partial charge is 0.375 e. The third-order valence-electron chi connectivity index (χ3n) is 4.68. The Labute approximate surface area is 177 Å². The number of hydrogen-bond donors (Lipinski definition) is 3. The van der Waals surface area contributed by atoms with Gasteiger partial charge in [0.15, 0.2) is 0 Å². The quantitative estimate of drug-likeness (QED) is 0.471. The summed E-state index contributed by atoms with van der Waals surface area (Å²) in [5.41, 5.74) is 0.798. The van der Waals surface area contributed by atoms with Crippen LogP contribution in [0.3, 0.4) is 0 Å². The number of likely N-dealkylation sites (N-methyl/N-ethyl adjacent to an activating group) is 1. The van der Waals surface area contributed by atoms with Crippen molar-refractivity contribution >= 4 is 0 Å². The Balaban J connectivity index is 1.90. The van der Waals surface area contributed by atoms with Gasteiger partial charge in [-0.3, -0.25) is 5.32 Å². The van der Waals surface area contributed by atoms with E-state index in [0.717, 1.165) is 11.1 Å². The van der Waals surface area contributed by atoms with Gasteiger partial charge in [-0.05, 0) is 43.3 Å². The molecule has 7 heteroatoms. The molecule has 0 spiro atoms. The minimum atomic E-state index is -1.26. The van der Waals surface area contributed by atoms with Gasteiger partial charge in [0, 0.05) is 19.1 Å². The van der Waals surface area contributed by atoms with E-state index in [1.165, 1.54) is 12.1 Å². The molecule has 0 radical (unpaired) electrons. The molecule has 0 aliphatic carbocycles. The van der Waals surface area contributed by atoms with Gasteiger partial charge in [-0.1, -0.05) is 42.5 Å². The summed E-state index contributed by atoms with van der Waals surface area (Å²) in [6.45, 7) is 2.24. The third-order valence-corrected chi connectivity index (χ3v) is 4.68. The van der Waals surface area contributed by atoms with E-state index in [9.17, 15) is 14.9 Å². The molecule has 0 heterocycles. The number of benzene rings is 2. The van der Waals surface area contributed by atoms with E-state index in [2.05, 4.69) is 16.0 Å². The highest BCUT2D eigenvalue weighted by Crippen LogP contribution is 2.07. The fourth-order valence-electron chi connectivity index (χ4n) is 2.97. The highest BCUT2D eigenvalue weighted by atomic mass is 19.1. The molecule has 0 saturated carbocycles. The predicted molar refractivity (Wildman–Crippen MR) is 114 cm³/mol. The second-order valence-corrected chi connectivity index (χ2v) is 7.08. The van der Waals surface area contributed by atoms with E-state index in [0.29, 0.717) is 32.7 Å². The summed E-state index contributed by atoms with van der Waals surface area (Å²) in [5.74, 6) is -0.264. The Hall–Kier alpha value is -2.81. The van der Waals surface area contributed by atoms with Gasteiger partial charge in [-0.2, -0.15) is 10.5 Å². The predicted octanol–water partition coefficient (Wildman–Crippen LogP) is 2.49. The monoisotopic (exact) mass is 409 g/mol. The Morgan fingerprint density at radius 3 is 2.37 bits per heavy atom. The first kappa shape index (κ1) is 23.5. The van der Waals surface area contributed by atoms with Gasteiger partial charge in [-0.15, -0.1) is 0 Å². The Morgan fingerprint density at radius 1 is 1.03 bits per heavy atom. The molecule has 2 aromatic rings. The third kappa shape index (κ3) is 7.90. The van der Waals surface area contributed by atoms with Crippen molar-refractivity contribution in [3.05, 3.63) is 71.5 Å². The average Bonchev–Trinajstić information content (AvgIpc) is 2.78. The Bertz CT molecular complexity index is 815. The number of halogens is 1. The lowest BCUT2D eigenvalue weighted by molar-refractivity contribution is 0.0954. The molecule has 0 aromatic heterocycles. The lowest BCUT2D eigenvalue weighted by Crippen LogP contribution is -2.51. The van der Waals surface area contributed by atoms with Gasteiger partial charge < -0.3 is 15.4 Å². The lowest BCUT2D eigenvalue weighted by Gasteiger charge is -2.23. The van der Waals surface area contributed by atoms with E-state index in [-0.39, 0.29) is 18.4 Å². The van der Waals surface area contributed by atoms with Crippen molar-refractivity contribution in [1.29, 1.82) is 10.5 Å². The van der Waals surface area contributed by atoms with Crippen LogP contribution in [-0.2, 0) is 17.9 Å². The smallest absolute Gasteiger partial charge is 0.206 e. The molecule has 0 amide bonds. The zero-order valence-electron chi connectivity index (χ0n) is 17.2. The van der Waals surface area contributed by atoms with Crippen LogP contribution < -0.4 is 16.0 Å². The molecule has 3 N–H and O–H groups in total. The number of nitrogens with one attached hydrogen (secondary N) is 3. The molecule has 0 aliphatic rings. The van der Waals surface area contributed by atoms with Crippen LogP contribution in [0.5, 0.6) is 0 Å². The highest BCUT2D eigenvalue weighted by Gasteiger charge is 2.28. The molecule has 30 heavy (non-hydrogen) atoms. The summed E-state index contributed by atoms with van der Waals surface area (Å²) in [5, 5.41) is 28.1.